The van der Waals surface area contributed by atoms with Crippen LogP contribution in [-0.4, -0.2) is 0 Å². The Labute approximate surface area is 106 Å². The molecule has 0 aliphatic heterocycles. The Morgan fingerprint density at radius 2 is 1.82 bits per heavy atom. The zero-order valence-corrected chi connectivity index (χ0v) is 10.3. The summed E-state index contributed by atoms with van der Waals surface area (Å²) in [4.78, 5) is 0. The number of halogens is 1. The Morgan fingerprint density at radius 3 is 2.47 bits per heavy atom. The minimum absolute atomic E-state index is 0.0177. The molecule has 1 unspecified atom stereocenters. The van der Waals surface area contributed by atoms with E-state index in [4.69, 9.17) is 22.1 Å². The number of hydrogen-bond acceptors (Lipinski definition) is 2. The minimum atomic E-state index is -0.0177. The molecule has 2 aromatic carbocycles. The first-order chi connectivity index (χ1) is 8.16. The Bertz CT molecular complexity index is 499. The molecule has 2 N–H and O–H groups in total. The summed E-state index contributed by atoms with van der Waals surface area (Å²) in [5, 5.41) is 0.516. The lowest BCUT2D eigenvalue weighted by Gasteiger charge is -2.15. The first-order valence-electron chi connectivity index (χ1n) is 5.43. The fraction of sp³-hybridized carbons (Fsp3) is 0.143. The maximum Gasteiger partial charge on any atom is 0.121 e. The Kier molecular flexibility index (Phi) is 3.55. The van der Waals surface area contributed by atoms with E-state index in [1.165, 1.54) is 0 Å². The summed E-state index contributed by atoms with van der Waals surface area (Å²) < 4.78 is 5.80. The van der Waals surface area contributed by atoms with Crippen LogP contribution in [0.1, 0.15) is 18.6 Å². The number of ether oxygens (including phenoxy) is 1. The zero-order valence-electron chi connectivity index (χ0n) is 9.56. The van der Waals surface area contributed by atoms with Crippen LogP contribution in [0, 0.1) is 0 Å². The average Bonchev–Trinajstić information content (AvgIpc) is 2.35. The highest BCUT2D eigenvalue weighted by molar-refractivity contribution is 6.33. The lowest BCUT2D eigenvalue weighted by atomic mass is 10.1. The lowest BCUT2D eigenvalue weighted by molar-refractivity contribution is 0.227. The van der Waals surface area contributed by atoms with E-state index in [1.54, 1.807) is 12.1 Å². The van der Waals surface area contributed by atoms with Crippen molar-refractivity contribution >= 4 is 17.3 Å². The standard InChI is InChI=1S/C14H14ClNO/c1-10(11-5-3-2-4-6-11)17-12-7-8-14(16)13(15)9-12/h2-10H,16H2,1H3. The number of rotatable bonds is 3. The van der Waals surface area contributed by atoms with Gasteiger partial charge in [-0.15, -0.1) is 0 Å². The van der Waals surface area contributed by atoms with Gasteiger partial charge in [0.15, 0.2) is 0 Å². The van der Waals surface area contributed by atoms with Gasteiger partial charge in [-0.2, -0.15) is 0 Å². The molecule has 0 aliphatic rings. The van der Waals surface area contributed by atoms with Crippen LogP contribution in [0.5, 0.6) is 5.75 Å². The number of benzene rings is 2. The van der Waals surface area contributed by atoms with Gasteiger partial charge in [-0.1, -0.05) is 41.9 Å². The van der Waals surface area contributed by atoms with Crippen LogP contribution < -0.4 is 10.5 Å². The highest BCUT2D eigenvalue weighted by Gasteiger charge is 2.07. The Balaban J connectivity index is 2.13. The molecular formula is C14H14ClNO. The van der Waals surface area contributed by atoms with E-state index in [0.717, 1.165) is 11.3 Å². The quantitative estimate of drug-likeness (QED) is 0.830. The fourth-order valence-corrected chi connectivity index (χ4v) is 1.75. The first-order valence-corrected chi connectivity index (χ1v) is 5.81. The molecule has 2 nitrogen and oxygen atoms in total. The van der Waals surface area contributed by atoms with Crippen LogP contribution in [0.2, 0.25) is 5.02 Å². The monoisotopic (exact) mass is 247 g/mol. The van der Waals surface area contributed by atoms with Crippen molar-refractivity contribution in [2.45, 2.75) is 13.0 Å². The number of nitrogen functional groups attached to an aromatic ring is 1. The van der Waals surface area contributed by atoms with E-state index in [-0.39, 0.29) is 6.10 Å². The van der Waals surface area contributed by atoms with Gasteiger partial charge in [0.1, 0.15) is 11.9 Å². The maximum atomic E-state index is 5.94. The molecule has 17 heavy (non-hydrogen) atoms. The predicted octanol–water partition coefficient (Wildman–Crippen LogP) is 4.06. The van der Waals surface area contributed by atoms with Crippen molar-refractivity contribution < 1.29 is 4.74 Å². The van der Waals surface area contributed by atoms with Crippen LogP contribution >= 0.6 is 11.6 Å². The van der Waals surface area contributed by atoms with Crippen molar-refractivity contribution in [1.82, 2.24) is 0 Å². The van der Waals surface area contributed by atoms with Gasteiger partial charge in [-0.25, -0.2) is 0 Å². The van der Waals surface area contributed by atoms with Gasteiger partial charge in [0.25, 0.3) is 0 Å². The zero-order chi connectivity index (χ0) is 12.3. The molecular weight excluding hydrogens is 234 g/mol. The van der Waals surface area contributed by atoms with Crippen molar-refractivity contribution in [3.05, 3.63) is 59.1 Å². The summed E-state index contributed by atoms with van der Waals surface area (Å²) >= 11 is 5.94. The van der Waals surface area contributed by atoms with Gasteiger partial charge in [0.2, 0.25) is 0 Å². The normalized spacial score (nSPS) is 12.1. The van der Waals surface area contributed by atoms with E-state index < -0.39 is 0 Å². The molecule has 0 spiro atoms. The van der Waals surface area contributed by atoms with Crippen LogP contribution in [0.3, 0.4) is 0 Å². The number of nitrogens with two attached hydrogens (primary N) is 1. The van der Waals surface area contributed by atoms with Gasteiger partial charge in [0.05, 0.1) is 10.7 Å². The largest absolute Gasteiger partial charge is 0.486 e. The molecule has 0 amide bonds. The summed E-state index contributed by atoms with van der Waals surface area (Å²) in [7, 11) is 0. The average molecular weight is 248 g/mol. The molecule has 3 heteroatoms. The number of hydrogen-bond donors (Lipinski definition) is 1. The van der Waals surface area contributed by atoms with Crippen LogP contribution in [0.15, 0.2) is 48.5 Å². The van der Waals surface area contributed by atoms with Gasteiger partial charge in [0, 0.05) is 6.07 Å². The number of anilines is 1. The molecule has 0 radical (unpaired) electrons. The van der Waals surface area contributed by atoms with Gasteiger partial charge in [-0.3, -0.25) is 0 Å². The fourth-order valence-electron chi connectivity index (χ4n) is 1.58. The summed E-state index contributed by atoms with van der Waals surface area (Å²) in [5.74, 6) is 0.723. The van der Waals surface area contributed by atoms with Crippen LogP contribution in [-0.2, 0) is 0 Å². The van der Waals surface area contributed by atoms with E-state index in [1.807, 2.05) is 43.3 Å². The van der Waals surface area contributed by atoms with Crippen molar-refractivity contribution in [3.63, 3.8) is 0 Å². The van der Waals surface area contributed by atoms with Gasteiger partial charge < -0.3 is 10.5 Å². The van der Waals surface area contributed by atoms with E-state index >= 15 is 0 Å². The molecule has 0 aliphatic carbocycles. The highest BCUT2D eigenvalue weighted by atomic mass is 35.5. The Morgan fingerprint density at radius 1 is 1.12 bits per heavy atom. The molecule has 2 rings (SSSR count). The molecule has 0 saturated heterocycles. The second-order valence-corrected chi connectivity index (χ2v) is 4.26. The second kappa shape index (κ2) is 5.11. The van der Waals surface area contributed by atoms with Crippen LogP contribution in [0.25, 0.3) is 0 Å². The first kappa shape index (κ1) is 11.8. The highest BCUT2D eigenvalue weighted by Crippen LogP contribution is 2.27. The molecule has 2 aromatic rings. The maximum absolute atomic E-state index is 5.94. The SMILES string of the molecule is CC(Oc1ccc(N)c(Cl)c1)c1ccccc1. The van der Waals surface area contributed by atoms with Crippen molar-refractivity contribution in [2.75, 3.05) is 5.73 Å². The van der Waals surface area contributed by atoms with Crippen LogP contribution in [0.4, 0.5) is 5.69 Å². The summed E-state index contributed by atoms with van der Waals surface area (Å²) in [6, 6.07) is 15.3. The third-order valence-electron chi connectivity index (χ3n) is 2.55. The Hall–Kier alpha value is -1.67. The molecule has 1 atom stereocenters. The lowest BCUT2D eigenvalue weighted by Crippen LogP contribution is -2.02. The molecule has 0 bridgehead atoms. The molecule has 0 saturated carbocycles. The summed E-state index contributed by atoms with van der Waals surface area (Å²) in [6.07, 6.45) is -0.0177. The van der Waals surface area contributed by atoms with E-state index in [2.05, 4.69) is 0 Å². The molecule has 0 heterocycles. The molecule has 0 aromatic heterocycles. The van der Waals surface area contributed by atoms with E-state index in [0.29, 0.717) is 10.7 Å². The van der Waals surface area contributed by atoms with Crippen molar-refractivity contribution in [3.8, 4) is 5.75 Å². The minimum Gasteiger partial charge on any atom is -0.486 e. The molecule has 0 fully saturated rings. The third-order valence-corrected chi connectivity index (χ3v) is 2.88. The van der Waals surface area contributed by atoms with Gasteiger partial charge in [-0.05, 0) is 24.6 Å². The molecule has 88 valence electrons. The summed E-state index contributed by atoms with van der Waals surface area (Å²) in [5.41, 5.74) is 7.33. The smallest absolute Gasteiger partial charge is 0.121 e. The topological polar surface area (TPSA) is 35.2 Å². The third kappa shape index (κ3) is 2.92. The van der Waals surface area contributed by atoms with Crippen molar-refractivity contribution in [1.29, 1.82) is 0 Å². The predicted molar refractivity (Wildman–Crippen MR) is 71.3 cm³/mol. The second-order valence-electron chi connectivity index (χ2n) is 3.85. The van der Waals surface area contributed by atoms with Gasteiger partial charge >= 0.3 is 0 Å². The van der Waals surface area contributed by atoms with E-state index in [9.17, 15) is 0 Å². The van der Waals surface area contributed by atoms with Crippen molar-refractivity contribution in [2.24, 2.45) is 0 Å². The summed E-state index contributed by atoms with van der Waals surface area (Å²) in [6.45, 7) is 2.00.